The van der Waals surface area contributed by atoms with Crippen molar-refractivity contribution in [3.05, 3.63) is 29.7 Å². The monoisotopic (exact) mass is 227 g/mol. The summed E-state index contributed by atoms with van der Waals surface area (Å²) in [4.78, 5) is 3.78. The van der Waals surface area contributed by atoms with Gasteiger partial charge in [-0.05, 0) is 12.1 Å². The Morgan fingerprint density at radius 2 is 2.12 bits per heavy atom. The van der Waals surface area contributed by atoms with Gasteiger partial charge in [-0.3, -0.25) is 0 Å². The summed E-state index contributed by atoms with van der Waals surface area (Å²) in [5, 5.41) is 12.8. The SMILES string of the molecule is NCc1nc(-c2ccc(F)c(F)c2O)no1. The summed E-state index contributed by atoms with van der Waals surface area (Å²) < 4.78 is 30.4. The van der Waals surface area contributed by atoms with Crippen LogP contribution in [0, 0.1) is 11.6 Å². The Labute approximate surface area is 88.5 Å². The summed E-state index contributed by atoms with van der Waals surface area (Å²) >= 11 is 0. The van der Waals surface area contributed by atoms with Gasteiger partial charge in [-0.2, -0.15) is 9.37 Å². The summed E-state index contributed by atoms with van der Waals surface area (Å²) in [6.45, 7) is 0.0252. The molecule has 1 aromatic heterocycles. The van der Waals surface area contributed by atoms with Crippen LogP contribution < -0.4 is 5.73 Å². The molecule has 0 aliphatic heterocycles. The number of aromatic nitrogens is 2. The minimum absolute atomic E-state index is 0.0252. The topological polar surface area (TPSA) is 85.2 Å². The maximum absolute atomic E-state index is 13.0. The van der Waals surface area contributed by atoms with Gasteiger partial charge in [-0.25, -0.2) is 4.39 Å². The molecule has 2 aromatic rings. The molecule has 84 valence electrons. The van der Waals surface area contributed by atoms with Crippen molar-refractivity contribution in [1.82, 2.24) is 10.1 Å². The van der Waals surface area contributed by atoms with Crippen molar-refractivity contribution >= 4 is 0 Å². The molecule has 16 heavy (non-hydrogen) atoms. The third-order valence-corrected chi connectivity index (χ3v) is 1.95. The van der Waals surface area contributed by atoms with Crippen molar-refractivity contribution < 1.29 is 18.4 Å². The number of phenols is 1. The largest absolute Gasteiger partial charge is 0.504 e. The van der Waals surface area contributed by atoms with Crippen LogP contribution in [0.4, 0.5) is 8.78 Å². The zero-order chi connectivity index (χ0) is 11.7. The zero-order valence-electron chi connectivity index (χ0n) is 7.94. The van der Waals surface area contributed by atoms with Crippen molar-refractivity contribution in [1.29, 1.82) is 0 Å². The van der Waals surface area contributed by atoms with Gasteiger partial charge in [-0.1, -0.05) is 5.16 Å². The van der Waals surface area contributed by atoms with Gasteiger partial charge in [0.1, 0.15) is 0 Å². The van der Waals surface area contributed by atoms with E-state index in [1.807, 2.05) is 0 Å². The van der Waals surface area contributed by atoms with Crippen molar-refractivity contribution in [2.24, 2.45) is 5.73 Å². The quantitative estimate of drug-likeness (QED) is 0.804. The van der Waals surface area contributed by atoms with E-state index in [0.29, 0.717) is 0 Å². The second-order valence-electron chi connectivity index (χ2n) is 2.97. The molecule has 0 amide bonds. The van der Waals surface area contributed by atoms with E-state index in [0.717, 1.165) is 12.1 Å². The average molecular weight is 227 g/mol. The van der Waals surface area contributed by atoms with E-state index >= 15 is 0 Å². The molecule has 1 aromatic carbocycles. The first-order valence-electron chi connectivity index (χ1n) is 4.33. The van der Waals surface area contributed by atoms with Crippen molar-refractivity contribution in [3.63, 3.8) is 0 Å². The fraction of sp³-hybridized carbons (Fsp3) is 0.111. The zero-order valence-corrected chi connectivity index (χ0v) is 7.94. The van der Waals surface area contributed by atoms with Crippen LogP contribution in [-0.2, 0) is 6.54 Å². The number of nitrogens with two attached hydrogens (primary N) is 1. The Balaban J connectivity index is 2.52. The molecule has 0 saturated heterocycles. The number of benzene rings is 1. The Morgan fingerprint density at radius 3 is 2.75 bits per heavy atom. The lowest BCUT2D eigenvalue weighted by Crippen LogP contribution is -1.96. The van der Waals surface area contributed by atoms with E-state index in [-0.39, 0.29) is 23.8 Å². The standard InChI is InChI=1S/C9H7F2N3O2/c10-5-2-1-4(8(15)7(5)11)9-13-6(3-12)16-14-9/h1-2,15H,3,12H2. The molecule has 0 spiro atoms. The van der Waals surface area contributed by atoms with Crippen molar-refractivity contribution in [2.45, 2.75) is 6.54 Å². The minimum Gasteiger partial charge on any atom is -0.504 e. The Kier molecular flexibility index (Phi) is 2.53. The van der Waals surface area contributed by atoms with Gasteiger partial charge in [0.15, 0.2) is 11.6 Å². The van der Waals surface area contributed by atoms with Crippen LogP contribution in [0.1, 0.15) is 5.89 Å². The fourth-order valence-electron chi connectivity index (χ4n) is 1.17. The van der Waals surface area contributed by atoms with Crippen LogP contribution in [0.5, 0.6) is 5.75 Å². The number of hydrogen-bond donors (Lipinski definition) is 2. The highest BCUT2D eigenvalue weighted by Gasteiger charge is 2.17. The van der Waals surface area contributed by atoms with Gasteiger partial charge in [0.05, 0.1) is 12.1 Å². The molecular formula is C9H7F2N3O2. The highest BCUT2D eigenvalue weighted by Crippen LogP contribution is 2.30. The number of aromatic hydroxyl groups is 1. The highest BCUT2D eigenvalue weighted by molar-refractivity contribution is 5.63. The summed E-state index contributed by atoms with van der Waals surface area (Å²) in [5.74, 6) is -3.26. The molecule has 0 atom stereocenters. The number of rotatable bonds is 2. The number of nitrogens with zero attached hydrogens (tertiary/aromatic N) is 2. The second kappa shape index (κ2) is 3.86. The molecule has 0 radical (unpaired) electrons. The summed E-state index contributed by atoms with van der Waals surface area (Å²) in [6, 6.07) is 2.02. The Morgan fingerprint density at radius 1 is 1.38 bits per heavy atom. The van der Waals surface area contributed by atoms with Crippen molar-refractivity contribution in [3.8, 4) is 17.1 Å². The van der Waals surface area contributed by atoms with E-state index in [1.165, 1.54) is 0 Å². The molecule has 3 N–H and O–H groups in total. The molecule has 0 bridgehead atoms. The van der Waals surface area contributed by atoms with E-state index in [4.69, 9.17) is 5.73 Å². The average Bonchev–Trinajstić information content (AvgIpc) is 2.74. The molecule has 5 nitrogen and oxygen atoms in total. The third-order valence-electron chi connectivity index (χ3n) is 1.95. The van der Waals surface area contributed by atoms with E-state index in [2.05, 4.69) is 14.7 Å². The lowest BCUT2D eigenvalue weighted by molar-refractivity contribution is 0.379. The molecule has 0 saturated carbocycles. The maximum Gasteiger partial charge on any atom is 0.240 e. The van der Waals surface area contributed by atoms with Gasteiger partial charge in [0, 0.05) is 0 Å². The van der Waals surface area contributed by atoms with Gasteiger partial charge in [0.25, 0.3) is 0 Å². The normalized spacial score (nSPS) is 10.7. The van der Waals surface area contributed by atoms with E-state index in [1.54, 1.807) is 0 Å². The minimum atomic E-state index is -1.35. The molecule has 0 aliphatic carbocycles. The predicted molar refractivity (Wildman–Crippen MR) is 49.2 cm³/mol. The third kappa shape index (κ3) is 1.61. The molecule has 0 unspecified atom stereocenters. The van der Waals surface area contributed by atoms with Crippen LogP contribution in [-0.4, -0.2) is 15.2 Å². The number of halogens is 2. The molecular weight excluding hydrogens is 220 g/mol. The van der Waals surface area contributed by atoms with Crippen LogP contribution in [0.25, 0.3) is 11.4 Å². The predicted octanol–water partition coefficient (Wildman–Crippen LogP) is 1.18. The van der Waals surface area contributed by atoms with Gasteiger partial charge in [-0.15, -0.1) is 0 Å². The first-order chi connectivity index (χ1) is 7.63. The molecule has 0 aliphatic rings. The fourth-order valence-corrected chi connectivity index (χ4v) is 1.17. The van der Waals surface area contributed by atoms with E-state index in [9.17, 15) is 13.9 Å². The van der Waals surface area contributed by atoms with Crippen LogP contribution in [0.3, 0.4) is 0 Å². The lowest BCUT2D eigenvalue weighted by Gasteiger charge is -2.00. The molecule has 7 heteroatoms. The summed E-state index contributed by atoms with van der Waals surface area (Å²) in [7, 11) is 0. The number of phenolic OH excluding ortho intramolecular Hbond substituents is 1. The summed E-state index contributed by atoms with van der Waals surface area (Å²) in [5.41, 5.74) is 5.19. The molecule has 0 fully saturated rings. The lowest BCUT2D eigenvalue weighted by atomic mass is 10.2. The Bertz CT molecular complexity index is 527. The van der Waals surface area contributed by atoms with Gasteiger partial charge < -0.3 is 15.4 Å². The first kappa shape index (κ1) is 10.5. The number of hydrogen-bond acceptors (Lipinski definition) is 5. The second-order valence-corrected chi connectivity index (χ2v) is 2.97. The van der Waals surface area contributed by atoms with E-state index < -0.39 is 17.4 Å². The highest BCUT2D eigenvalue weighted by atomic mass is 19.2. The first-order valence-corrected chi connectivity index (χ1v) is 4.33. The van der Waals surface area contributed by atoms with Gasteiger partial charge in [0.2, 0.25) is 17.5 Å². The van der Waals surface area contributed by atoms with Crippen LogP contribution >= 0.6 is 0 Å². The summed E-state index contributed by atoms with van der Waals surface area (Å²) in [6.07, 6.45) is 0. The maximum atomic E-state index is 13.0. The molecule has 1 heterocycles. The van der Waals surface area contributed by atoms with Crippen LogP contribution in [0.2, 0.25) is 0 Å². The van der Waals surface area contributed by atoms with Crippen molar-refractivity contribution in [2.75, 3.05) is 0 Å². The van der Waals surface area contributed by atoms with Crippen LogP contribution in [0.15, 0.2) is 16.7 Å². The van der Waals surface area contributed by atoms with Gasteiger partial charge >= 0.3 is 0 Å². The smallest absolute Gasteiger partial charge is 0.240 e. The molecule has 2 rings (SSSR count). The Hall–Kier alpha value is -2.02.